The fraction of sp³-hybridized carbons (Fsp3) is 0.0500. The minimum atomic E-state index is -0.593. The normalized spacial score (nSPS) is 15.6. The predicted octanol–water partition coefficient (Wildman–Crippen LogP) is 4.39. The first kappa shape index (κ1) is 20.1. The number of ether oxygens (including phenoxy) is 1. The Labute approximate surface area is 177 Å². The van der Waals surface area contributed by atoms with E-state index in [1.54, 1.807) is 48.5 Å². The molecule has 1 N–H and O–H groups in total. The number of nitrogens with one attached hydrogen (secondary N) is 1. The highest BCUT2D eigenvalue weighted by molar-refractivity contribution is 7.80. The molecule has 0 unspecified atom stereocenters. The van der Waals surface area contributed by atoms with Crippen molar-refractivity contribution in [3.05, 3.63) is 76.3 Å². The van der Waals surface area contributed by atoms with Crippen LogP contribution in [0.5, 0.6) is 5.75 Å². The van der Waals surface area contributed by atoms with Crippen molar-refractivity contribution < 1.29 is 14.3 Å². The molecule has 0 aromatic heterocycles. The first-order valence-corrected chi connectivity index (χ1v) is 9.28. The van der Waals surface area contributed by atoms with Crippen molar-refractivity contribution >= 4 is 64.1 Å². The number of nitrogens with zero attached hydrogens (tertiary/aromatic N) is 1. The van der Waals surface area contributed by atoms with Gasteiger partial charge >= 0.3 is 0 Å². The van der Waals surface area contributed by atoms with Gasteiger partial charge in [-0.1, -0.05) is 54.1 Å². The topological polar surface area (TPSA) is 58.6 Å². The van der Waals surface area contributed by atoms with Crippen LogP contribution in [0, 0.1) is 0 Å². The van der Waals surface area contributed by atoms with E-state index in [1.165, 1.54) is 6.08 Å². The summed E-state index contributed by atoms with van der Waals surface area (Å²) in [6.07, 6.45) is 3.11. The zero-order valence-electron chi connectivity index (χ0n) is 14.4. The van der Waals surface area contributed by atoms with Gasteiger partial charge in [-0.15, -0.1) is 0 Å². The van der Waals surface area contributed by atoms with Gasteiger partial charge in [0.25, 0.3) is 11.8 Å². The molecule has 1 fully saturated rings. The van der Waals surface area contributed by atoms with Crippen LogP contribution >= 0.6 is 35.4 Å². The van der Waals surface area contributed by atoms with Crippen LogP contribution in [0.4, 0.5) is 5.69 Å². The number of hydrogen-bond acceptors (Lipinski definition) is 4. The molecule has 0 spiro atoms. The van der Waals surface area contributed by atoms with E-state index in [4.69, 9.17) is 40.2 Å². The van der Waals surface area contributed by atoms with Crippen LogP contribution < -0.4 is 15.0 Å². The van der Waals surface area contributed by atoms with E-state index in [9.17, 15) is 9.59 Å². The Morgan fingerprint density at radius 2 is 1.86 bits per heavy atom. The van der Waals surface area contributed by atoms with E-state index in [0.29, 0.717) is 23.6 Å². The molecular formula is C20H14Cl2N2O3S. The van der Waals surface area contributed by atoms with Gasteiger partial charge in [-0.25, -0.2) is 0 Å². The van der Waals surface area contributed by atoms with E-state index in [2.05, 4.69) is 11.9 Å². The predicted molar refractivity (Wildman–Crippen MR) is 115 cm³/mol. The third kappa shape index (κ3) is 4.09. The summed E-state index contributed by atoms with van der Waals surface area (Å²) in [7, 11) is 0. The van der Waals surface area contributed by atoms with Crippen molar-refractivity contribution in [1.29, 1.82) is 0 Å². The van der Waals surface area contributed by atoms with Crippen molar-refractivity contribution in [2.75, 3.05) is 11.5 Å². The molecular weight excluding hydrogens is 419 g/mol. The van der Waals surface area contributed by atoms with E-state index >= 15 is 0 Å². The van der Waals surface area contributed by atoms with Gasteiger partial charge in [0, 0.05) is 0 Å². The molecule has 28 heavy (non-hydrogen) atoms. The summed E-state index contributed by atoms with van der Waals surface area (Å²) >= 11 is 17.4. The molecule has 0 bridgehead atoms. The van der Waals surface area contributed by atoms with Crippen molar-refractivity contribution in [3.63, 3.8) is 0 Å². The van der Waals surface area contributed by atoms with Crippen molar-refractivity contribution in [3.8, 4) is 5.75 Å². The monoisotopic (exact) mass is 432 g/mol. The molecule has 8 heteroatoms. The lowest BCUT2D eigenvalue weighted by Crippen LogP contribution is -2.54. The van der Waals surface area contributed by atoms with Crippen LogP contribution in [-0.4, -0.2) is 23.5 Å². The van der Waals surface area contributed by atoms with Crippen LogP contribution in [0.3, 0.4) is 0 Å². The molecule has 0 atom stereocenters. The molecule has 5 nitrogen and oxygen atoms in total. The first-order chi connectivity index (χ1) is 13.4. The zero-order chi connectivity index (χ0) is 20.3. The second kappa shape index (κ2) is 8.56. The lowest BCUT2D eigenvalue weighted by atomic mass is 10.1. The number of thiocarbonyl (C=S) groups is 1. The maximum Gasteiger partial charge on any atom is 0.270 e. The van der Waals surface area contributed by atoms with E-state index in [0.717, 1.165) is 4.90 Å². The summed E-state index contributed by atoms with van der Waals surface area (Å²) in [5, 5.41) is 2.88. The molecule has 0 radical (unpaired) electrons. The molecule has 1 aliphatic rings. The maximum atomic E-state index is 13.0. The molecule has 1 aliphatic heterocycles. The fourth-order valence-electron chi connectivity index (χ4n) is 2.52. The molecule has 0 aliphatic carbocycles. The van der Waals surface area contributed by atoms with E-state index < -0.39 is 11.8 Å². The highest BCUT2D eigenvalue weighted by Crippen LogP contribution is 2.34. The average Bonchev–Trinajstić information content (AvgIpc) is 2.67. The SMILES string of the molecule is C=CCOc1ccc(/C=C2/C(=O)NC(=S)N(c3cccc(Cl)c3Cl)C2=O)cc1. The highest BCUT2D eigenvalue weighted by Gasteiger charge is 2.35. The maximum absolute atomic E-state index is 13.0. The highest BCUT2D eigenvalue weighted by atomic mass is 35.5. The summed E-state index contributed by atoms with van der Waals surface area (Å²) in [6.45, 7) is 3.97. The molecule has 1 heterocycles. The Kier molecular flexibility index (Phi) is 6.14. The van der Waals surface area contributed by atoms with Crippen molar-refractivity contribution in [1.82, 2.24) is 5.32 Å². The second-order valence-corrected chi connectivity index (χ2v) is 6.87. The number of amides is 2. The quantitative estimate of drug-likeness (QED) is 0.329. The number of anilines is 1. The molecule has 142 valence electrons. The molecule has 2 aromatic carbocycles. The number of halogens is 2. The summed E-state index contributed by atoms with van der Waals surface area (Å²) < 4.78 is 5.42. The third-order valence-electron chi connectivity index (χ3n) is 3.83. The number of rotatable bonds is 5. The van der Waals surface area contributed by atoms with Gasteiger partial charge in [0.2, 0.25) is 0 Å². The zero-order valence-corrected chi connectivity index (χ0v) is 16.8. The third-order valence-corrected chi connectivity index (χ3v) is 4.93. The van der Waals surface area contributed by atoms with E-state index in [-0.39, 0.29) is 20.7 Å². The lowest BCUT2D eigenvalue weighted by molar-refractivity contribution is -0.122. The van der Waals surface area contributed by atoms with E-state index in [1.807, 2.05) is 0 Å². The summed E-state index contributed by atoms with van der Waals surface area (Å²) in [4.78, 5) is 26.5. The molecule has 1 saturated heterocycles. The fourth-order valence-corrected chi connectivity index (χ4v) is 3.18. The Morgan fingerprint density at radius 1 is 1.14 bits per heavy atom. The van der Waals surface area contributed by atoms with Crippen molar-refractivity contribution in [2.45, 2.75) is 0 Å². The Balaban J connectivity index is 1.94. The largest absolute Gasteiger partial charge is 0.490 e. The van der Waals surface area contributed by atoms with Crippen molar-refractivity contribution in [2.24, 2.45) is 0 Å². The first-order valence-electron chi connectivity index (χ1n) is 8.11. The number of benzene rings is 2. The average molecular weight is 433 g/mol. The van der Waals surface area contributed by atoms with Gasteiger partial charge in [0.1, 0.15) is 17.9 Å². The van der Waals surface area contributed by atoms with Crippen LogP contribution in [0.15, 0.2) is 60.7 Å². The second-order valence-electron chi connectivity index (χ2n) is 5.70. The minimum absolute atomic E-state index is 0.0653. The van der Waals surface area contributed by atoms with Crippen LogP contribution in [-0.2, 0) is 9.59 Å². The Hall–Kier alpha value is -2.67. The minimum Gasteiger partial charge on any atom is -0.490 e. The van der Waals surface area contributed by atoms with Gasteiger partial charge in [-0.3, -0.25) is 19.8 Å². The molecule has 0 saturated carbocycles. The summed E-state index contributed by atoms with van der Waals surface area (Å²) in [6, 6.07) is 11.8. The van der Waals surface area contributed by atoms with Gasteiger partial charge in [-0.05, 0) is 48.1 Å². The van der Waals surface area contributed by atoms with Gasteiger partial charge < -0.3 is 4.74 Å². The number of hydrogen-bond donors (Lipinski definition) is 1. The molecule has 2 aromatic rings. The number of carbonyl (C=O) groups is 2. The Bertz CT molecular complexity index is 1000. The summed E-state index contributed by atoms with van der Waals surface area (Å²) in [5.41, 5.74) is 0.863. The van der Waals surface area contributed by atoms with Crippen LogP contribution in [0.2, 0.25) is 10.0 Å². The number of carbonyl (C=O) groups excluding carboxylic acids is 2. The van der Waals surface area contributed by atoms with Gasteiger partial charge in [-0.2, -0.15) is 0 Å². The standard InChI is InChI=1S/C20H14Cl2N2O3S/c1-2-10-27-13-8-6-12(7-9-13)11-14-18(25)23-20(28)24(19(14)26)16-5-3-4-15(21)17(16)22/h2-9,11H,1,10H2,(H,23,25,28)/b14-11-. The summed E-state index contributed by atoms with van der Waals surface area (Å²) in [5.74, 6) is -0.531. The molecule has 2 amide bonds. The van der Waals surface area contributed by atoms with Gasteiger partial charge in [0.05, 0.1) is 15.7 Å². The Morgan fingerprint density at radius 3 is 2.54 bits per heavy atom. The molecule has 3 rings (SSSR count). The lowest BCUT2D eigenvalue weighted by Gasteiger charge is -2.29. The van der Waals surface area contributed by atoms with Crippen LogP contribution in [0.25, 0.3) is 6.08 Å². The van der Waals surface area contributed by atoms with Gasteiger partial charge in [0.15, 0.2) is 5.11 Å². The van der Waals surface area contributed by atoms with Crippen LogP contribution in [0.1, 0.15) is 5.56 Å². The smallest absolute Gasteiger partial charge is 0.270 e.